The van der Waals surface area contributed by atoms with Crippen LogP contribution in [0.1, 0.15) is 18.9 Å². The number of ether oxygens (including phenoxy) is 2. The zero-order valence-electron chi connectivity index (χ0n) is 10.3. The van der Waals surface area contributed by atoms with Gasteiger partial charge in [0.25, 0.3) is 0 Å². The molecule has 0 saturated carbocycles. The summed E-state index contributed by atoms with van der Waals surface area (Å²) in [6.07, 6.45) is 1.53. The summed E-state index contributed by atoms with van der Waals surface area (Å²) in [7, 11) is 0. The molecule has 0 bridgehead atoms. The molecule has 2 atom stereocenters. The van der Waals surface area contributed by atoms with Crippen LogP contribution in [0.15, 0.2) is 24.3 Å². The van der Waals surface area contributed by atoms with Crippen molar-refractivity contribution in [3.8, 4) is 5.75 Å². The SMILES string of the molecule is CCc1ccc(OCC(O)C2CCOC2)cc1. The zero-order chi connectivity index (χ0) is 12.1. The smallest absolute Gasteiger partial charge is 0.119 e. The van der Waals surface area contributed by atoms with Gasteiger partial charge < -0.3 is 14.6 Å². The van der Waals surface area contributed by atoms with Crippen LogP contribution in [0, 0.1) is 5.92 Å². The number of hydrogen-bond donors (Lipinski definition) is 1. The predicted octanol–water partition coefficient (Wildman–Crippen LogP) is 2.03. The van der Waals surface area contributed by atoms with E-state index < -0.39 is 6.10 Å². The van der Waals surface area contributed by atoms with E-state index in [4.69, 9.17) is 9.47 Å². The molecule has 17 heavy (non-hydrogen) atoms. The molecule has 0 amide bonds. The number of aliphatic hydroxyl groups excluding tert-OH is 1. The van der Waals surface area contributed by atoms with E-state index in [2.05, 4.69) is 19.1 Å². The number of rotatable bonds is 5. The molecule has 0 aromatic heterocycles. The minimum atomic E-state index is -0.427. The van der Waals surface area contributed by atoms with E-state index in [-0.39, 0.29) is 5.92 Å². The zero-order valence-corrected chi connectivity index (χ0v) is 10.3. The molecular weight excluding hydrogens is 216 g/mol. The molecule has 3 heteroatoms. The average Bonchev–Trinajstić information content (AvgIpc) is 2.90. The normalized spacial score (nSPS) is 21.4. The van der Waals surface area contributed by atoms with Crippen molar-refractivity contribution in [3.63, 3.8) is 0 Å². The van der Waals surface area contributed by atoms with Crippen LogP contribution >= 0.6 is 0 Å². The Balaban J connectivity index is 1.80. The third kappa shape index (κ3) is 3.45. The van der Waals surface area contributed by atoms with Crippen molar-refractivity contribution in [3.05, 3.63) is 29.8 Å². The fourth-order valence-electron chi connectivity index (χ4n) is 2.00. The molecular formula is C14H20O3. The topological polar surface area (TPSA) is 38.7 Å². The van der Waals surface area contributed by atoms with Crippen molar-refractivity contribution in [2.45, 2.75) is 25.9 Å². The van der Waals surface area contributed by atoms with Crippen molar-refractivity contribution in [2.24, 2.45) is 5.92 Å². The largest absolute Gasteiger partial charge is 0.491 e. The Bertz CT molecular complexity index is 328. The van der Waals surface area contributed by atoms with Gasteiger partial charge in [0, 0.05) is 12.5 Å². The molecule has 1 saturated heterocycles. The highest BCUT2D eigenvalue weighted by Gasteiger charge is 2.24. The summed E-state index contributed by atoms with van der Waals surface area (Å²) in [5, 5.41) is 9.91. The third-order valence-corrected chi connectivity index (χ3v) is 3.26. The van der Waals surface area contributed by atoms with Gasteiger partial charge in [-0.2, -0.15) is 0 Å². The molecule has 3 nitrogen and oxygen atoms in total. The summed E-state index contributed by atoms with van der Waals surface area (Å²) in [6.45, 7) is 3.88. The number of aliphatic hydroxyl groups is 1. The highest BCUT2D eigenvalue weighted by molar-refractivity contribution is 5.27. The van der Waals surface area contributed by atoms with Crippen LogP contribution in [0.5, 0.6) is 5.75 Å². The van der Waals surface area contributed by atoms with Crippen LogP contribution < -0.4 is 4.74 Å². The van der Waals surface area contributed by atoms with Crippen molar-refractivity contribution in [1.82, 2.24) is 0 Å². The van der Waals surface area contributed by atoms with Crippen molar-refractivity contribution < 1.29 is 14.6 Å². The van der Waals surface area contributed by atoms with Crippen LogP contribution in [0.2, 0.25) is 0 Å². The maximum atomic E-state index is 9.91. The molecule has 1 N–H and O–H groups in total. The Labute approximate surface area is 102 Å². The third-order valence-electron chi connectivity index (χ3n) is 3.26. The fourth-order valence-corrected chi connectivity index (χ4v) is 2.00. The molecule has 1 heterocycles. The number of aryl methyl sites for hydroxylation is 1. The average molecular weight is 236 g/mol. The van der Waals surface area contributed by atoms with Crippen LogP contribution in [0.25, 0.3) is 0 Å². The Hall–Kier alpha value is -1.06. The lowest BCUT2D eigenvalue weighted by Crippen LogP contribution is -2.27. The maximum absolute atomic E-state index is 9.91. The summed E-state index contributed by atoms with van der Waals surface area (Å²) in [6, 6.07) is 8.02. The predicted molar refractivity (Wildman–Crippen MR) is 66.2 cm³/mol. The second-order valence-corrected chi connectivity index (χ2v) is 4.50. The molecule has 1 aromatic rings. The van der Waals surface area contributed by atoms with Crippen molar-refractivity contribution >= 4 is 0 Å². The lowest BCUT2D eigenvalue weighted by Gasteiger charge is -2.17. The highest BCUT2D eigenvalue weighted by atomic mass is 16.5. The van der Waals surface area contributed by atoms with E-state index in [1.807, 2.05) is 12.1 Å². The van der Waals surface area contributed by atoms with Gasteiger partial charge in [0.2, 0.25) is 0 Å². The fraction of sp³-hybridized carbons (Fsp3) is 0.571. The van der Waals surface area contributed by atoms with Gasteiger partial charge in [0.1, 0.15) is 12.4 Å². The second-order valence-electron chi connectivity index (χ2n) is 4.50. The lowest BCUT2D eigenvalue weighted by atomic mass is 10.0. The van der Waals surface area contributed by atoms with E-state index in [1.54, 1.807) is 0 Å². The van der Waals surface area contributed by atoms with Gasteiger partial charge in [-0.15, -0.1) is 0 Å². The highest BCUT2D eigenvalue weighted by Crippen LogP contribution is 2.18. The van der Waals surface area contributed by atoms with Gasteiger partial charge in [0.05, 0.1) is 12.7 Å². The molecule has 94 valence electrons. The van der Waals surface area contributed by atoms with Crippen LogP contribution in [0.3, 0.4) is 0 Å². The van der Waals surface area contributed by atoms with Gasteiger partial charge in [-0.1, -0.05) is 19.1 Å². The standard InChI is InChI=1S/C14H20O3/c1-2-11-3-5-13(6-4-11)17-10-14(15)12-7-8-16-9-12/h3-6,12,14-15H,2,7-10H2,1H3. The molecule has 0 aliphatic carbocycles. The minimum absolute atomic E-state index is 0.227. The first-order chi connectivity index (χ1) is 8.29. The van der Waals surface area contributed by atoms with E-state index in [9.17, 15) is 5.11 Å². The van der Waals surface area contributed by atoms with Gasteiger partial charge in [-0.05, 0) is 30.5 Å². The quantitative estimate of drug-likeness (QED) is 0.850. The van der Waals surface area contributed by atoms with Gasteiger partial charge in [0.15, 0.2) is 0 Å². The van der Waals surface area contributed by atoms with Crippen LogP contribution in [-0.4, -0.2) is 31.0 Å². The molecule has 2 unspecified atom stereocenters. The lowest BCUT2D eigenvalue weighted by molar-refractivity contribution is 0.0499. The Morgan fingerprint density at radius 1 is 1.41 bits per heavy atom. The van der Waals surface area contributed by atoms with Gasteiger partial charge in [-0.25, -0.2) is 0 Å². The monoisotopic (exact) mass is 236 g/mol. The van der Waals surface area contributed by atoms with Crippen LogP contribution in [-0.2, 0) is 11.2 Å². The summed E-state index contributed by atoms with van der Waals surface area (Å²) in [5.41, 5.74) is 1.29. The molecule has 2 rings (SSSR count). The first-order valence-electron chi connectivity index (χ1n) is 6.27. The second kappa shape index (κ2) is 6.03. The summed E-state index contributed by atoms with van der Waals surface area (Å²) < 4.78 is 10.8. The van der Waals surface area contributed by atoms with Crippen molar-refractivity contribution in [2.75, 3.05) is 19.8 Å². The van der Waals surface area contributed by atoms with Gasteiger partial charge >= 0.3 is 0 Å². The van der Waals surface area contributed by atoms with Gasteiger partial charge in [-0.3, -0.25) is 0 Å². The first kappa shape index (κ1) is 12.4. The van der Waals surface area contributed by atoms with E-state index >= 15 is 0 Å². The Kier molecular flexibility index (Phi) is 4.40. The number of hydrogen-bond acceptors (Lipinski definition) is 3. The minimum Gasteiger partial charge on any atom is -0.491 e. The molecule has 0 spiro atoms. The summed E-state index contributed by atoms with van der Waals surface area (Å²) in [4.78, 5) is 0. The summed E-state index contributed by atoms with van der Waals surface area (Å²) in [5.74, 6) is 1.05. The van der Waals surface area contributed by atoms with Crippen molar-refractivity contribution in [1.29, 1.82) is 0 Å². The van der Waals surface area contributed by atoms with E-state index in [0.717, 1.165) is 25.2 Å². The maximum Gasteiger partial charge on any atom is 0.119 e. The van der Waals surface area contributed by atoms with E-state index in [1.165, 1.54) is 5.56 Å². The first-order valence-corrected chi connectivity index (χ1v) is 6.27. The molecule has 1 aliphatic heterocycles. The molecule has 0 radical (unpaired) electrons. The molecule has 1 aliphatic rings. The molecule has 1 fully saturated rings. The summed E-state index contributed by atoms with van der Waals surface area (Å²) >= 11 is 0. The Morgan fingerprint density at radius 2 is 2.18 bits per heavy atom. The van der Waals surface area contributed by atoms with Crippen LogP contribution in [0.4, 0.5) is 0 Å². The Morgan fingerprint density at radius 3 is 2.76 bits per heavy atom. The van der Waals surface area contributed by atoms with E-state index in [0.29, 0.717) is 13.2 Å². The number of benzene rings is 1. The molecule has 1 aromatic carbocycles.